The average Bonchev–Trinajstić information content (AvgIpc) is 2.54. The molecular formula is C20H33NO3. The third-order valence-corrected chi connectivity index (χ3v) is 3.78. The van der Waals surface area contributed by atoms with Gasteiger partial charge in [0, 0.05) is 12.3 Å². The number of anilines is 1. The van der Waals surface area contributed by atoms with Crippen molar-refractivity contribution < 1.29 is 14.3 Å². The Morgan fingerprint density at radius 2 is 1.79 bits per heavy atom. The Labute approximate surface area is 146 Å². The maximum atomic E-state index is 12.7. The zero-order chi connectivity index (χ0) is 18.0. The van der Waals surface area contributed by atoms with Crippen molar-refractivity contribution in [2.24, 2.45) is 5.92 Å². The second-order valence-corrected chi connectivity index (χ2v) is 6.86. The maximum absolute atomic E-state index is 12.7. The Bertz CT molecular complexity index is 484. The molecule has 1 rings (SSSR count). The molecule has 0 saturated heterocycles. The first-order valence-electron chi connectivity index (χ1n) is 9.09. The van der Waals surface area contributed by atoms with Gasteiger partial charge in [-0.25, -0.2) is 0 Å². The Morgan fingerprint density at radius 3 is 2.33 bits per heavy atom. The van der Waals surface area contributed by atoms with Crippen LogP contribution in [0.3, 0.4) is 0 Å². The number of amides is 1. The molecule has 1 atom stereocenters. The van der Waals surface area contributed by atoms with Crippen molar-refractivity contribution in [1.29, 1.82) is 0 Å². The van der Waals surface area contributed by atoms with Crippen molar-refractivity contribution in [1.82, 2.24) is 0 Å². The normalized spacial score (nSPS) is 13.6. The summed E-state index contributed by atoms with van der Waals surface area (Å²) in [5.41, 5.74) is -0.0431. The number of unbranched alkanes of at least 4 members (excludes halogenated alkanes) is 1. The topological polar surface area (TPSA) is 47.6 Å². The van der Waals surface area contributed by atoms with Crippen LogP contribution in [0.4, 0.5) is 5.69 Å². The van der Waals surface area contributed by atoms with Crippen molar-refractivity contribution in [3.05, 3.63) is 24.3 Å². The highest BCUT2D eigenvalue weighted by Crippen LogP contribution is 2.24. The van der Waals surface area contributed by atoms with E-state index in [-0.39, 0.29) is 5.91 Å². The minimum Gasteiger partial charge on any atom is -0.494 e. The van der Waals surface area contributed by atoms with E-state index in [1.54, 1.807) is 0 Å². The quantitative estimate of drug-likeness (QED) is 0.577. The lowest BCUT2D eigenvalue weighted by Crippen LogP contribution is -2.44. The number of ether oxygens (including phenoxy) is 2. The molecule has 0 spiro atoms. The fourth-order valence-electron chi connectivity index (χ4n) is 2.56. The van der Waals surface area contributed by atoms with Crippen LogP contribution in [0.5, 0.6) is 5.75 Å². The van der Waals surface area contributed by atoms with E-state index in [0.717, 1.165) is 37.3 Å². The van der Waals surface area contributed by atoms with Crippen LogP contribution in [0.2, 0.25) is 0 Å². The van der Waals surface area contributed by atoms with Gasteiger partial charge < -0.3 is 14.8 Å². The van der Waals surface area contributed by atoms with Gasteiger partial charge in [-0.1, -0.05) is 34.1 Å². The van der Waals surface area contributed by atoms with E-state index in [0.29, 0.717) is 18.9 Å². The summed E-state index contributed by atoms with van der Waals surface area (Å²) in [6.45, 7) is 11.6. The van der Waals surface area contributed by atoms with E-state index in [1.165, 1.54) is 0 Å². The number of nitrogens with one attached hydrogen (secondary N) is 1. The molecule has 0 fully saturated rings. The van der Waals surface area contributed by atoms with Gasteiger partial charge in [-0.3, -0.25) is 4.79 Å². The van der Waals surface area contributed by atoms with Crippen LogP contribution in [0, 0.1) is 5.92 Å². The predicted octanol–water partition coefficient (Wildman–Crippen LogP) is 5.04. The SMILES string of the molecule is CCCCOc1ccc(NC(=O)C(C)(CC(C)C)OCCC)cc1. The van der Waals surface area contributed by atoms with E-state index in [9.17, 15) is 4.79 Å². The van der Waals surface area contributed by atoms with Crippen LogP contribution >= 0.6 is 0 Å². The molecule has 1 amide bonds. The van der Waals surface area contributed by atoms with E-state index < -0.39 is 5.60 Å². The molecule has 0 aliphatic carbocycles. The van der Waals surface area contributed by atoms with Crippen LogP contribution in [0.1, 0.15) is 60.3 Å². The number of carbonyl (C=O) groups excluding carboxylic acids is 1. The Hall–Kier alpha value is -1.55. The van der Waals surface area contributed by atoms with Gasteiger partial charge in [0.05, 0.1) is 6.61 Å². The van der Waals surface area contributed by atoms with Gasteiger partial charge in [-0.2, -0.15) is 0 Å². The first-order chi connectivity index (χ1) is 11.4. The summed E-state index contributed by atoms with van der Waals surface area (Å²) in [6, 6.07) is 7.51. The summed E-state index contributed by atoms with van der Waals surface area (Å²) in [7, 11) is 0. The molecule has 136 valence electrons. The molecule has 1 aromatic rings. The molecular weight excluding hydrogens is 302 g/mol. The molecule has 1 N–H and O–H groups in total. The van der Waals surface area contributed by atoms with Crippen LogP contribution in [0.15, 0.2) is 24.3 Å². The molecule has 1 aromatic carbocycles. The van der Waals surface area contributed by atoms with Crippen LogP contribution in [-0.2, 0) is 9.53 Å². The van der Waals surface area contributed by atoms with E-state index >= 15 is 0 Å². The van der Waals surface area contributed by atoms with Gasteiger partial charge in [-0.05, 0) is 56.4 Å². The van der Waals surface area contributed by atoms with Gasteiger partial charge in [0.25, 0.3) is 5.91 Å². The molecule has 0 heterocycles. The van der Waals surface area contributed by atoms with Crippen LogP contribution < -0.4 is 10.1 Å². The van der Waals surface area contributed by atoms with E-state index in [1.807, 2.05) is 38.1 Å². The Morgan fingerprint density at radius 1 is 1.12 bits per heavy atom. The number of rotatable bonds is 11. The Balaban J connectivity index is 2.68. The second kappa shape index (κ2) is 10.3. The molecule has 0 radical (unpaired) electrons. The largest absolute Gasteiger partial charge is 0.494 e. The lowest BCUT2D eigenvalue weighted by molar-refractivity contribution is -0.141. The standard InChI is InChI=1S/C20H33NO3/c1-6-8-14-23-18-11-9-17(10-12-18)21-19(22)20(5,15-16(3)4)24-13-7-2/h9-12,16H,6-8,13-15H2,1-5H3,(H,21,22). The number of benzene rings is 1. The first kappa shape index (κ1) is 20.5. The van der Waals surface area contributed by atoms with Crippen molar-refractivity contribution in [3.63, 3.8) is 0 Å². The molecule has 0 aromatic heterocycles. The number of hydrogen-bond acceptors (Lipinski definition) is 3. The van der Waals surface area contributed by atoms with Crippen LogP contribution in [0.25, 0.3) is 0 Å². The maximum Gasteiger partial charge on any atom is 0.256 e. The summed E-state index contributed by atoms with van der Waals surface area (Å²) in [5.74, 6) is 1.12. The number of hydrogen-bond donors (Lipinski definition) is 1. The van der Waals surface area contributed by atoms with E-state index in [2.05, 4.69) is 26.1 Å². The van der Waals surface area contributed by atoms with Gasteiger partial charge in [0.2, 0.25) is 0 Å². The summed E-state index contributed by atoms with van der Waals surface area (Å²) in [5, 5.41) is 2.97. The fraction of sp³-hybridized carbons (Fsp3) is 0.650. The monoisotopic (exact) mass is 335 g/mol. The molecule has 4 heteroatoms. The zero-order valence-electron chi connectivity index (χ0n) is 15.9. The molecule has 1 unspecified atom stereocenters. The highest BCUT2D eigenvalue weighted by molar-refractivity contribution is 5.97. The first-order valence-corrected chi connectivity index (χ1v) is 9.09. The summed E-state index contributed by atoms with van der Waals surface area (Å²) in [4.78, 5) is 12.7. The van der Waals surface area contributed by atoms with Crippen molar-refractivity contribution in [2.75, 3.05) is 18.5 Å². The summed E-state index contributed by atoms with van der Waals surface area (Å²) in [6.07, 6.45) is 3.74. The molecule has 0 saturated carbocycles. The lowest BCUT2D eigenvalue weighted by Gasteiger charge is -2.30. The average molecular weight is 335 g/mol. The molecule has 0 aliphatic rings. The van der Waals surface area contributed by atoms with Crippen molar-refractivity contribution in [2.45, 2.75) is 65.9 Å². The zero-order valence-corrected chi connectivity index (χ0v) is 15.9. The highest BCUT2D eigenvalue weighted by Gasteiger charge is 2.34. The summed E-state index contributed by atoms with van der Waals surface area (Å²) >= 11 is 0. The lowest BCUT2D eigenvalue weighted by atomic mass is 9.93. The van der Waals surface area contributed by atoms with Crippen molar-refractivity contribution >= 4 is 11.6 Å². The molecule has 24 heavy (non-hydrogen) atoms. The third-order valence-electron chi connectivity index (χ3n) is 3.78. The van der Waals surface area contributed by atoms with E-state index in [4.69, 9.17) is 9.47 Å². The summed E-state index contributed by atoms with van der Waals surface area (Å²) < 4.78 is 11.5. The smallest absolute Gasteiger partial charge is 0.256 e. The fourth-order valence-corrected chi connectivity index (χ4v) is 2.56. The van der Waals surface area contributed by atoms with Crippen molar-refractivity contribution in [3.8, 4) is 5.75 Å². The van der Waals surface area contributed by atoms with Gasteiger partial charge in [0.15, 0.2) is 0 Å². The molecule has 0 bridgehead atoms. The van der Waals surface area contributed by atoms with Gasteiger partial charge in [0.1, 0.15) is 11.4 Å². The van der Waals surface area contributed by atoms with Crippen LogP contribution in [-0.4, -0.2) is 24.7 Å². The van der Waals surface area contributed by atoms with Gasteiger partial charge >= 0.3 is 0 Å². The third kappa shape index (κ3) is 6.91. The van der Waals surface area contributed by atoms with Gasteiger partial charge in [-0.15, -0.1) is 0 Å². The number of carbonyl (C=O) groups is 1. The second-order valence-electron chi connectivity index (χ2n) is 6.86. The minimum absolute atomic E-state index is 0.0932. The molecule has 4 nitrogen and oxygen atoms in total. The predicted molar refractivity (Wildman–Crippen MR) is 99.6 cm³/mol. The Kier molecular flexibility index (Phi) is 8.83. The minimum atomic E-state index is -0.805. The highest BCUT2D eigenvalue weighted by atomic mass is 16.5. The molecule has 0 aliphatic heterocycles.